The lowest BCUT2D eigenvalue weighted by Crippen LogP contribution is -2.22. The van der Waals surface area contributed by atoms with Crippen molar-refractivity contribution >= 4 is 33.3 Å². The molecule has 1 N–H and O–H groups in total. The molecule has 2 aromatic rings. The summed E-state index contributed by atoms with van der Waals surface area (Å²) in [5, 5.41) is 2.83. The van der Waals surface area contributed by atoms with Crippen LogP contribution in [0.2, 0.25) is 0 Å². The van der Waals surface area contributed by atoms with Crippen molar-refractivity contribution in [3.63, 3.8) is 0 Å². The molecule has 0 aliphatic carbocycles. The Morgan fingerprint density at radius 2 is 1.82 bits per heavy atom. The van der Waals surface area contributed by atoms with Gasteiger partial charge in [0.2, 0.25) is 5.91 Å². The van der Waals surface area contributed by atoms with Crippen LogP contribution in [-0.4, -0.2) is 24.0 Å². The van der Waals surface area contributed by atoms with E-state index >= 15 is 0 Å². The summed E-state index contributed by atoms with van der Waals surface area (Å²) in [5.74, 6) is 0.517. The van der Waals surface area contributed by atoms with Crippen LogP contribution in [0.3, 0.4) is 0 Å². The molecule has 1 aromatic carbocycles. The van der Waals surface area contributed by atoms with Crippen molar-refractivity contribution in [3.8, 4) is 0 Å². The summed E-state index contributed by atoms with van der Waals surface area (Å²) in [7, 11) is 0. The summed E-state index contributed by atoms with van der Waals surface area (Å²) in [6.07, 6.45) is 2.13. The summed E-state index contributed by atoms with van der Waals surface area (Å²) in [6.45, 7) is 6.09. The van der Waals surface area contributed by atoms with Crippen LogP contribution in [0.1, 0.15) is 19.4 Å². The first-order chi connectivity index (χ1) is 10.6. The first-order valence-corrected chi connectivity index (χ1v) is 8.17. The highest BCUT2D eigenvalue weighted by Crippen LogP contribution is 2.15. The second-order valence-corrected chi connectivity index (χ2v) is 5.84. The Balaban J connectivity index is 1.95. The molecule has 1 amide bonds. The van der Waals surface area contributed by atoms with Gasteiger partial charge in [-0.1, -0.05) is 28.1 Å². The Morgan fingerprint density at radius 3 is 2.36 bits per heavy atom. The molecule has 22 heavy (non-hydrogen) atoms. The maximum Gasteiger partial charge on any atom is 0.229 e. The van der Waals surface area contributed by atoms with Gasteiger partial charge < -0.3 is 10.2 Å². The number of pyridine rings is 1. The van der Waals surface area contributed by atoms with E-state index in [-0.39, 0.29) is 5.91 Å². The predicted octanol–water partition coefficient (Wildman–Crippen LogP) is 3.87. The molecule has 4 nitrogen and oxygen atoms in total. The van der Waals surface area contributed by atoms with Crippen LogP contribution in [0.5, 0.6) is 0 Å². The molecule has 116 valence electrons. The minimum Gasteiger partial charge on any atom is -0.371 e. The standard InChI is InChI=1S/C17H20BrN3O/c1-3-21(4-2)15-9-10-16(19-12-15)20-17(22)11-13-5-7-14(18)8-6-13/h5-10,12H,3-4,11H2,1-2H3,(H,19,20,22). The molecule has 0 atom stereocenters. The lowest BCUT2D eigenvalue weighted by Gasteiger charge is -2.20. The maximum absolute atomic E-state index is 12.0. The van der Waals surface area contributed by atoms with E-state index in [1.165, 1.54) is 0 Å². The summed E-state index contributed by atoms with van der Waals surface area (Å²) in [5.41, 5.74) is 2.04. The minimum absolute atomic E-state index is 0.0644. The predicted molar refractivity (Wildman–Crippen MR) is 94.3 cm³/mol. The second kappa shape index (κ2) is 7.94. The Bertz CT molecular complexity index is 607. The first-order valence-electron chi connectivity index (χ1n) is 7.37. The van der Waals surface area contributed by atoms with Crippen molar-refractivity contribution in [2.24, 2.45) is 0 Å². The molecule has 0 aliphatic heterocycles. The highest BCUT2D eigenvalue weighted by Gasteiger charge is 2.06. The molecule has 0 saturated heterocycles. The van der Waals surface area contributed by atoms with Crippen LogP contribution < -0.4 is 10.2 Å². The fraction of sp³-hybridized carbons (Fsp3) is 0.294. The largest absolute Gasteiger partial charge is 0.371 e. The Hall–Kier alpha value is -1.88. The first kappa shape index (κ1) is 16.5. The van der Waals surface area contributed by atoms with Gasteiger partial charge in [-0.25, -0.2) is 4.98 Å². The van der Waals surface area contributed by atoms with E-state index in [0.717, 1.165) is 28.8 Å². The van der Waals surface area contributed by atoms with E-state index in [1.54, 1.807) is 6.20 Å². The van der Waals surface area contributed by atoms with Gasteiger partial charge in [0.25, 0.3) is 0 Å². The number of rotatable bonds is 6. The Kier molecular flexibility index (Phi) is 5.95. The zero-order chi connectivity index (χ0) is 15.9. The minimum atomic E-state index is -0.0644. The SMILES string of the molecule is CCN(CC)c1ccc(NC(=O)Cc2ccc(Br)cc2)nc1. The zero-order valence-corrected chi connectivity index (χ0v) is 14.4. The molecule has 0 aliphatic rings. The number of carbonyl (C=O) groups is 1. The number of benzene rings is 1. The van der Waals surface area contributed by atoms with Crippen molar-refractivity contribution in [1.29, 1.82) is 0 Å². The number of amides is 1. The molecule has 1 aromatic heterocycles. The van der Waals surface area contributed by atoms with Crippen LogP contribution in [0, 0.1) is 0 Å². The summed E-state index contributed by atoms with van der Waals surface area (Å²) in [6, 6.07) is 11.5. The zero-order valence-electron chi connectivity index (χ0n) is 12.8. The summed E-state index contributed by atoms with van der Waals surface area (Å²) >= 11 is 3.38. The number of nitrogens with one attached hydrogen (secondary N) is 1. The monoisotopic (exact) mass is 361 g/mol. The highest BCUT2D eigenvalue weighted by molar-refractivity contribution is 9.10. The lowest BCUT2D eigenvalue weighted by atomic mass is 10.1. The Labute approximate surface area is 139 Å². The normalized spacial score (nSPS) is 10.3. The highest BCUT2D eigenvalue weighted by atomic mass is 79.9. The second-order valence-electron chi connectivity index (χ2n) is 4.93. The molecule has 0 radical (unpaired) electrons. The van der Waals surface area contributed by atoms with Crippen LogP contribution in [-0.2, 0) is 11.2 Å². The van der Waals surface area contributed by atoms with Crippen molar-refractivity contribution in [2.45, 2.75) is 20.3 Å². The lowest BCUT2D eigenvalue weighted by molar-refractivity contribution is -0.115. The molecule has 0 bridgehead atoms. The van der Waals surface area contributed by atoms with Crippen LogP contribution in [0.4, 0.5) is 11.5 Å². The van der Waals surface area contributed by atoms with Crippen LogP contribution >= 0.6 is 15.9 Å². The number of anilines is 2. The molecule has 1 heterocycles. The average molecular weight is 362 g/mol. The third-order valence-corrected chi connectivity index (χ3v) is 3.95. The number of carbonyl (C=O) groups excluding carboxylic acids is 1. The number of hydrogen-bond donors (Lipinski definition) is 1. The molecular formula is C17H20BrN3O. The van der Waals surface area contributed by atoms with E-state index in [2.05, 4.69) is 45.0 Å². The summed E-state index contributed by atoms with van der Waals surface area (Å²) in [4.78, 5) is 18.5. The number of aromatic nitrogens is 1. The fourth-order valence-electron chi connectivity index (χ4n) is 2.21. The van der Waals surface area contributed by atoms with E-state index in [4.69, 9.17) is 0 Å². The van der Waals surface area contributed by atoms with E-state index < -0.39 is 0 Å². The Morgan fingerprint density at radius 1 is 1.14 bits per heavy atom. The number of halogens is 1. The quantitative estimate of drug-likeness (QED) is 0.849. The van der Waals surface area contributed by atoms with E-state index in [1.807, 2.05) is 36.4 Å². The van der Waals surface area contributed by atoms with Gasteiger partial charge in [-0.2, -0.15) is 0 Å². The third kappa shape index (κ3) is 4.56. The molecule has 0 unspecified atom stereocenters. The van der Waals surface area contributed by atoms with Gasteiger partial charge in [-0.05, 0) is 43.7 Å². The molecule has 5 heteroatoms. The maximum atomic E-state index is 12.0. The molecule has 2 rings (SSSR count). The van der Waals surface area contributed by atoms with Gasteiger partial charge in [-0.15, -0.1) is 0 Å². The topological polar surface area (TPSA) is 45.2 Å². The molecular weight excluding hydrogens is 342 g/mol. The van der Waals surface area contributed by atoms with Gasteiger partial charge in [0.05, 0.1) is 18.3 Å². The van der Waals surface area contributed by atoms with Gasteiger partial charge in [0.15, 0.2) is 0 Å². The van der Waals surface area contributed by atoms with E-state index in [0.29, 0.717) is 12.2 Å². The number of hydrogen-bond acceptors (Lipinski definition) is 3. The van der Waals surface area contributed by atoms with E-state index in [9.17, 15) is 4.79 Å². The smallest absolute Gasteiger partial charge is 0.229 e. The molecule has 0 fully saturated rings. The van der Waals surface area contributed by atoms with Crippen molar-refractivity contribution < 1.29 is 4.79 Å². The van der Waals surface area contributed by atoms with Gasteiger partial charge in [-0.3, -0.25) is 4.79 Å². The molecule has 0 spiro atoms. The summed E-state index contributed by atoms with van der Waals surface area (Å²) < 4.78 is 1.00. The van der Waals surface area contributed by atoms with Crippen molar-refractivity contribution in [3.05, 3.63) is 52.6 Å². The van der Waals surface area contributed by atoms with Crippen LogP contribution in [0.15, 0.2) is 47.1 Å². The van der Waals surface area contributed by atoms with Crippen molar-refractivity contribution in [1.82, 2.24) is 4.98 Å². The van der Waals surface area contributed by atoms with Crippen molar-refractivity contribution in [2.75, 3.05) is 23.3 Å². The van der Waals surface area contributed by atoms with Gasteiger partial charge >= 0.3 is 0 Å². The number of nitrogens with zero attached hydrogens (tertiary/aromatic N) is 2. The van der Waals surface area contributed by atoms with Crippen LogP contribution in [0.25, 0.3) is 0 Å². The van der Waals surface area contributed by atoms with Gasteiger partial charge in [0.1, 0.15) is 5.82 Å². The van der Waals surface area contributed by atoms with Gasteiger partial charge in [0, 0.05) is 17.6 Å². The fourth-order valence-corrected chi connectivity index (χ4v) is 2.47. The molecule has 0 saturated carbocycles. The third-order valence-electron chi connectivity index (χ3n) is 3.42. The average Bonchev–Trinajstić information content (AvgIpc) is 2.52.